The van der Waals surface area contributed by atoms with Gasteiger partial charge in [0.05, 0.1) is 7.11 Å². The number of amides is 2. The first-order valence-electron chi connectivity index (χ1n) is 8.46. The summed E-state index contributed by atoms with van der Waals surface area (Å²) in [6, 6.07) is 7.28. The van der Waals surface area contributed by atoms with Crippen molar-refractivity contribution in [2.45, 2.75) is 44.9 Å². The molecule has 130 valence electrons. The first kappa shape index (κ1) is 16.8. The van der Waals surface area contributed by atoms with Crippen molar-refractivity contribution in [1.82, 2.24) is 15.5 Å². The van der Waals surface area contributed by atoms with Crippen molar-refractivity contribution in [2.24, 2.45) is 5.92 Å². The summed E-state index contributed by atoms with van der Waals surface area (Å²) in [5, 5.41) is 6.33. The van der Waals surface area contributed by atoms with Crippen molar-refractivity contribution in [2.75, 3.05) is 13.7 Å². The molecule has 0 unspecified atom stereocenters. The van der Waals surface area contributed by atoms with Gasteiger partial charge in [0.25, 0.3) is 0 Å². The van der Waals surface area contributed by atoms with Crippen LogP contribution in [0, 0.1) is 5.92 Å². The van der Waals surface area contributed by atoms with E-state index in [-0.39, 0.29) is 29.8 Å². The second-order valence-electron chi connectivity index (χ2n) is 6.90. The van der Waals surface area contributed by atoms with Gasteiger partial charge in [0.2, 0.25) is 11.8 Å². The van der Waals surface area contributed by atoms with Crippen LogP contribution in [0.2, 0.25) is 0 Å². The van der Waals surface area contributed by atoms with Crippen LogP contribution < -0.4 is 15.4 Å². The Morgan fingerprint density at radius 2 is 2.17 bits per heavy atom. The third-order valence-electron chi connectivity index (χ3n) is 4.85. The van der Waals surface area contributed by atoms with E-state index in [2.05, 4.69) is 10.6 Å². The molecular weight excluding hydrogens is 306 g/mol. The number of rotatable bonds is 5. The van der Waals surface area contributed by atoms with E-state index in [4.69, 9.17) is 4.74 Å². The Hall–Kier alpha value is -2.08. The van der Waals surface area contributed by atoms with Crippen molar-refractivity contribution in [3.8, 4) is 5.75 Å². The molecule has 2 heterocycles. The van der Waals surface area contributed by atoms with Gasteiger partial charge in [-0.3, -0.25) is 9.59 Å². The molecule has 2 N–H and O–H groups in total. The number of benzene rings is 1. The molecule has 6 nitrogen and oxygen atoms in total. The van der Waals surface area contributed by atoms with E-state index in [0.29, 0.717) is 19.5 Å². The first-order chi connectivity index (χ1) is 11.5. The van der Waals surface area contributed by atoms with Gasteiger partial charge in [-0.1, -0.05) is 26.0 Å². The minimum atomic E-state index is -0.397. The van der Waals surface area contributed by atoms with Crippen molar-refractivity contribution >= 4 is 11.8 Å². The van der Waals surface area contributed by atoms with Crippen LogP contribution >= 0.6 is 0 Å². The summed E-state index contributed by atoms with van der Waals surface area (Å²) >= 11 is 0. The van der Waals surface area contributed by atoms with Crippen molar-refractivity contribution < 1.29 is 14.3 Å². The highest BCUT2D eigenvalue weighted by molar-refractivity contribution is 5.97. The Kier molecular flexibility index (Phi) is 4.76. The molecule has 0 aromatic heterocycles. The number of ether oxygens (including phenoxy) is 1. The number of hydrogen-bond donors (Lipinski definition) is 2. The zero-order valence-corrected chi connectivity index (χ0v) is 14.4. The first-order valence-corrected chi connectivity index (χ1v) is 8.46. The van der Waals surface area contributed by atoms with E-state index in [1.807, 2.05) is 38.1 Å². The molecule has 2 amide bonds. The molecule has 2 aliphatic rings. The zero-order valence-electron chi connectivity index (χ0n) is 14.4. The number of nitrogens with zero attached hydrogens (tertiary/aromatic N) is 1. The number of piperazine rings is 1. The fourth-order valence-electron chi connectivity index (χ4n) is 3.46. The zero-order chi connectivity index (χ0) is 17.3. The Morgan fingerprint density at radius 1 is 1.38 bits per heavy atom. The number of nitrogens with one attached hydrogen (secondary N) is 2. The second kappa shape index (κ2) is 6.81. The maximum atomic E-state index is 12.6. The smallest absolute Gasteiger partial charge is 0.246 e. The fraction of sp³-hybridized carbons (Fsp3) is 0.556. The summed E-state index contributed by atoms with van der Waals surface area (Å²) in [7, 11) is 1.65. The molecule has 3 rings (SSSR count). The molecule has 0 saturated carbocycles. The van der Waals surface area contributed by atoms with E-state index in [9.17, 15) is 9.59 Å². The van der Waals surface area contributed by atoms with Crippen molar-refractivity contribution in [1.29, 1.82) is 0 Å². The van der Waals surface area contributed by atoms with Crippen LogP contribution in [0.5, 0.6) is 5.75 Å². The summed E-state index contributed by atoms with van der Waals surface area (Å²) in [6.07, 6.45) is 0.659. The van der Waals surface area contributed by atoms with Gasteiger partial charge in [0, 0.05) is 19.1 Å². The molecular formula is C18H25N3O3. The standard InChI is InChI=1S/C18H25N3O3/c1-11(2)16-18(23)21-10-13(8-15(21)17(22)20-16)19-9-12-5-4-6-14(7-12)24-3/h4-7,11,13,15-16,19H,8-10H2,1-3H3,(H,20,22)/t13-,15-,16-/m0/s1. The normalized spacial score (nSPS) is 26.5. The molecule has 2 aliphatic heterocycles. The lowest BCUT2D eigenvalue weighted by molar-refractivity contribution is -0.148. The SMILES string of the molecule is COc1cccc(CN[C@H]2C[C@H]3C(=O)N[C@@H](C(C)C)C(=O)N3C2)c1. The topological polar surface area (TPSA) is 70.7 Å². The molecule has 0 spiro atoms. The number of methoxy groups -OCH3 is 1. The minimum absolute atomic E-state index is 0.0287. The molecule has 2 fully saturated rings. The number of carbonyl (C=O) groups excluding carboxylic acids is 2. The van der Waals surface area contributed by atoms with Gasteiger partial charge in [0.15, 0.2) is 0 Å². The van der Waals surface area contributed by atoms with E-state index in [1.54, 1.807) is 12.0 Å². The second-order valence-corrected chi connectivity index (χ2v) is 6.90. The van der Waals surface area contributed by atoms with E-state index >= 15 is 0 Å². The van der Waals surface area contributed by atoms with Crippen molar-refractivity contribution in [3.63, 3.8) is 0 Å². The Balaban J connectivity index is 1.62. The number of carbonyl (C=O) groups is 2. The largest absolute Gasteiger partial charge is 0.497 e. The van der Waals surface area contributed by atoms with E-state index < -0.39 is 6.04 Å². The van der Waals surface area contributed by atoms with Gasteiger partial charge in [0.1, 0.15) is 17.8 Å². The quantitative estimate of drug-likeness (QED) is 0.841. The number of fused-ring (bicyclic) bond motifs is 1. The van der Waals surface area contributed by atoms with Crippen LogP contribution in [0.4, 0.5) is 0 Å². The van der Waals surface area contributed by atoms with Gasteiger partial charge >= 0.3 is 0 Å². The highest BCUT2D eigenvalue weighted by atomic mass is 16.5. The maximum Gasteiger partial charge on any atom is 0.246 e. The highest BCUT2D eigenvalue weighted by Crippen LogP contribution is 2.25. The van der Waals surface area contributed by atoms with Gasteiger partial charge in [-0.15, -0.1) is 0 Å². The van der Waals surface area contributed by atoms with Gasteiger partial charge in [-0.25, -0.2) is 0 Å². The van der Waals surface area contributed by atoms with Crippen LogP contribution in [-0.2, 0) is 16.1 Å². The third-order valence-corrected chi connectivity index (χ3v) is 4.85. The van der Waals surface area contributed by atoms with Crippen molar-refractivity contribution in [3.05, 3.63) is 29.8 Å². The molecule has 0 radical (unpaired) electrons. The van der Waals surface area contributed by atoms with Crippen LogP contribution in [0.1, 0.15) is 25.8 Å². The molecule has 2 saturated heterocycles. The van der Waals surface area contributed by atoms with Crippen LogP contribution in [0.25, 0.3) is 0 Å². The highest BCUT2D eigenvalue weighted by Gasteiger charge is 2.46. The lowest BCUT2D eigenvalue weighted by Gasteiger charge is -2.36. The summed E-state index contributed by atoms with van der Waals surface area (Å²) in [5.41, 5.74) is 1.12. The summed E-state index contributed by atoms with van der Waals surface area (Å²) in [6.45, 7) is 5.19. The predicted molar refractivity (Wildman–Crippen MR) is 90.5 cm³/mol. The van der Waals surface area contributed by atoms with Crippen LogP contribution in [0.3, 0.4) is 0 Å². The molecule has 1 aromatic rings. The lowest BCUT2D eigenvalue weighted by Crippen LogP contribution is -2.62. The average Bonchev–Trinajstić information content (AvgIpc) is 3.01. The molecule has 0 bridgehead atoms. The summed E-state index contributed by atoms with van der Waals surface area (Å²) in [5.74, 6) is 0.943. The molecule has 3 atom stereocenters. The Bertz CT molecular complexity index is 632. The monoisotopic (exact) mass is 331 g/mol. The molecule has 6 heteroatoms. The summed E-state index contributed by atoms with van der Waals surface area (Å²) in [4.78, 5) is 26.6. The number of hydrogen-bond acceptors (Lipinski definition) is 4. The van der Waals surface area contributed by atoms with Crippen LogP contribution in [0.15, 0.2) is 24.3 Å². The molecule has 0 aliphatic carbocycles. The van der Waals surface area contributed by atoms with E-state index in [0.717, 1.165) is 11.3 Å². The van der Waals surface area contributed by atoms with Gasteiger partial charge in [-0.05, 0) is 30.0 Å². The van der Waals surface area contributed by atoms with Gasteiger partial charge < -0.3 is 20.3 Å². The predicted octanol–water partition coefficient (Wildman–Crippen LogP) is 0.909. The van der Waals surface area contributed by atoms with Crippen LogP contribution in [-0.4, -0.2) is 48.5 Å². The molecule has 1 aromatic carbocycles. The van der Waals surface area contributed by atoms with E-state index in [1.165, 1.54) is 0 Å². The third kappa shape index (κ3) is 3.24. The average molecular weight is 331 g/mol. The maximum absolute atomic E-state index is 12.6. The minimum Gasteiger partial charge on any atom is -0.497 e. The fourth-order valence-corrected chi connectivity index (χ4v) is 3.46. The Labute approximate surface area is 142 Å². The summed E-state index contributed by atoms with van der Waals surface area (Å²) < 4.78 is 5.23. The Morgan fingerprint density at radius 3 is 2.88 bits per heavy atom. The molecule has 24 heavy (non-hydrogen) atoms. The lowest BCUT2D eigenvalue weighted by atomic mass is 9.98. The van der Waals surface area contributed by atoms with Gasteiger partial charge in [-0.2, -0.15) is 0 Å².